The minimum Gasteiger partial charge on any atom is -0.396 e. The molecule has 1 aliphatic carbocycles. The van der Waals surface area contributed by atoms with Crippen LogP contribution in [0, 0.1) is 11.7 Å². The second-order valence-corrected chi connectivity index (χ2v) is 6.01. The Morgan fingerprint density at radius 1 is 1.25 bits per heavy atom. The molecule has 1 saturated carbocycles. The lowest BCUT2D eigenvalue weighted by Crippen LogP contribution is -2.44. The number of piperidine rings is 1. The highest BCUT2D eigenvalue weighted by molar-refractivity contribution is 5.91. The summed E-state index contributed by atoms with van der Waals surface area (Å²) in [5, 5.41) is 9.15. The molecule has 0 aromatic heterocycles. The zero-order valence-corrected chi connectivity index (χ0v) is 11.5. The molecule has 1 N–H and O–H groups in total. The zero-order chi connectivity index (χ0) is 14.2. The zero-order valence-electron chi connectivity index (χ0n) is 11.5. The molecule has 3 rings (SSSR count). The Hall–Kier alpha value is -1.42. The lowest BCUT2D eigenvalue weighted by Gasteiger charge is -2.34. The van der Waals surface area contributed by atoms with Crippen molar-refractivity contribution in [3.05, 3.63) is 35.6 Å². The van der Waals surface area contributed by atoms with Gasteiger partial charge in [-0.3, -0.25) is 4.79 Å². The largest absolute Gasteiger partial charge is 0.396 e. The molecule has 1 saturated heterocycles. The van der Waals surface area contributed by atoms with Crippen LogP contribution in [0.4, 0.5) is 4.39 Å². The normalized spacial score (nSPS) is 21.8. The van der Waals surface area contributed by atoms with Crippen molar-refractivity contribution in [2.45, 2.75) is 31.1 Å². The number of rotatable bonds is 3. The van der Waals surface area contributed by atoms with Gasteiger partial charge in [0.05, 0.1) is 5.41 Å². The van der Waals surface area contributed by atoms with Crippen molar-refractivity contribution in [1.82, 2.24) is 4.90 Å². The quantitative estimate of drug-likeness (QED) is 0.919. The van der Waals surface area contributed by atoms with Crippen molar-refractivity contribution in [2.75, 3.05) is 19.7 Å². The molecule has 1 heterocycles. The summed E-state index contributed by atoms with van der Waals surface area (Å²) < 4.78 is 13.0. The van der Waals surface area contributed by atoms with Gasteiger partial charge in [0.25, 0.3) is 0 Å². The molecule has 0 atom stereocenters. The van der Waals surface area contributed by atoms with Crippen LogP contribution >= 0.6 is 0 Å². The number of hydrogen-bond donors (Lipinski definition) is 1. The smallest absolute Gasteiger partial charge is 0.233 e. The van der Waals surface area contributed by atoms with Crippen LogP contribution in [0.15, 0.2) is 24.3 Å². The Labute approximate surface area is 118 Å². The number of likely N-dealkylation sites (tertiary alicyclic amines) is 1. The molecular formula is C16H20FNO2. The van der Waals surface area contributed by atoms with Crippen LogP contribution in [0.5, 0.6) is 0 Å². The lowest BCUT2D eigenvalue weighted by atomic mass is 9.91. The average molecular weight is 277 g/mol. The lowest BCUT2D eigenvalue weighted by molar-refractivity contribution is -0.135. The van der Waals surface area contributed by atoms with E-state index in [1.165, 1.54) is 12.1 Å². The van der Waals surface area contributed by atoms with E-state index in [-0.39, 0.29) is 18.3 Å². The summed E-state index contributed by atoms with van der Waals surface area (Å²) in [6, 6.07) is 6.34. The topological polar surface area (TPSA) is 40.5 Å². The minimum absolute atomic E-state index is 0.181. The highest BCUT2D eigenvalue weighted by Crippen LogP contribution is 2.50. The van der Waals surface area contributed by atoms with Crippen molar-refractivity contribution in [2.24, 2.45) is 5.92 Å². The summed E-state index contributed by atoms with van der Waals surface area (Å²) in [6.45, 7) is 1.67. The predicted molar refractivity (Wildman–Crippen MR) is 73.7 cm³/mol. The Balaban J connectivity index is 1.72. The Morgan fingerprint density at radius 3 is 2.35 bits per heavy atom. The summed E-state index contributed by atoms with van der Waals surface area (Å²) in [7, 11) is 0. The molecule has 108 valence electrons. The number of halogens is 1. The maximum absolute atomic E-state index is 13.0. The molecule has 2 fully saturated rings. The number of aliphatic hydroxyl groups is 1. The Morgan fingerprint density at radius 2 is 1.85 bits per heavy atom. The summed E-state index contributed by atoms with van der Waals surface area (Å²) in [6.07, 6.45) is 3.47. The number of nitrogens with zero attached hydrogens (tertiary/aromatic N) is 1. The van der Waals surface area contributed by atoms with Crippen LogP contribution in [0.25, 0.3) is 0 Å². The number of benzene rings is 1. The number of amides is 1. The highest BCUT2D eigenvalue weighted by atomic mass is 19.1. The van der Waals surface area contributed by atoms with Gasteiger partial charge in [0.1, 0.15) is 5.82 Å². The van der Waals surface area contributed by atoms with E-state index in [2.05, 4.69) is 0 Å². The fraction of sp³-hybridized carbons (Fsp3) is 0.562. The first-order valence-electron chi connectivity index (χ1n) is 7.32. The number of aliphatic hydroxyl groups excluding tert-OH is 1. The molecule has 1 amide bonds. The third-order valence-corrected chi connectivity index (χ3v) is 4.72. The highest BCUT2D eigenvalue weighted by Gasteiger charge is 2.53. The number of carbonyl (C=O) groups excluding carboxylic acids is 1. The van der Waals surface area contributed by atoms with Crippen LogP contribution in [0.1, 0.15) is 31.2 Å². The molecule has 20 heavy (non-hydrogen) atoms. The molecule has 0 bridgehead atoms. The van der Waals surface area contributed by atoms with Crippen molar-refractivity contribution in [3.8, 4) is 0 Å². The maximum atomic E-state index is 13.0. The van der Waals surface area contributed by atoms with E-state index in [9.17, 15) is 9.18 Å². The van der Waals surface area contributed by atoms with Crippen LogP contribution in [-0.2, 0) is 10.2 Å². The Kier molecular flexibility index (Phi) is 3.50. The number of hydrogen-bond acceptors (Lipinski definition) is 2. The fourth-order valence-electron chi connectivity index (χ4n) is 3.14. The van der Waals surface area contributed by atoms with Gasteiger partial charge in [-0.15, -0.1) is 0 Å². The molecule has 1 aromatic rings. The molecule has 0 unspecified atom stereocenters. The van der Waals surface area contributed by atoms with E-state index in [4.69, 9.17) is 5.11 Å². The van der Waals surface area contributed by atoms with Crippen molar-refractivity contribution in [1.29, 1.82) is 0 Å². The van der Waals surface area contributed by atoms with Crippen molar-refractivity contribution in [3.63, 3.8) is 0 Å². The first kappa shape index (κ1) is 13.6. The van der Waals surface area contributed by atoms with Gasteiger partial charge in [0, 0.05) is 19.7 Å². The Bertz CT molecular complexity index is 488. The van der Waals surface area contributed by atoms with Gasteiger partial charge in [-0.2, -0.15) is 0 Å². The average Bonchev–Trinajstić information content (AvgIpc) is 3.29. The molecule has 0 radical (unpaired) electrons. The second-order valence-electron chi connectivity index (χ2n) is 6.01. The van der Waals surface area contributed by atoms with Gasteiger partial charge in [0.15, 0.2) is 0 Å². The van der Waals surface area contributed by atoms with Gasteiger partial charge in [0.2, 0.25) is 5.91 Å². The first-order valence-corrected chi connectivity index (χ1v) is 7.32. The van der Waals surface area contributed by atoms with Crippen LogP contribution in [-0.4, -0.2) is 35.6 Å². The third-order valence-electron chi connectivity index (χ3n) is 4.72. The maximum Gasteiger partial charge on any atom is 0.233 e. The summed E-state index contributed by atoms with van der Waals surface area (Å²) in [5.41, 5.74) is 0.535. The van der Waals surface area contributed by atoms with E-state index in [1.54, 1.807) is 12.1 Å². The van der Waals surface area contributed by atoms with Crippen molar-refractivity contribution < 1.29 is 14.3 Å². The first-order chi connectivity index (χ1) is 9.65. The van der Waals surface area contributed by atoms with E-state index >= 15 is 0 Å². The minimum atomic E-state index is -0.403. The molecule has 4 heteroatoms. The molecule has 1 aromatic carbocycles. The van der Waals surface area contributed by atoms with Gasteiger partial charge < -0.3 is 10.0 Å². The second kappa shape index (κ2) is 5.17. The summed E-state index contributed by atoms with van der Waals surface area (Å²) in [4.78, 5) is 14.7. The van der Waals surface area contributed by atoms with E-state index in [1.807, 2.05) is 4.90 Å². The molecule has 3 nitrogen and oxygen atoms in total. The van der Waals surface area contributed by atoms with Crippen LogP contribution < -0.4 is 0 Å². The van der Waals surface area contributed by atoms with Crippen LogP contribution in [0.3, 0.4) is 0 Å². The van der Waals surface area contributed by atoms with E-state index in [0.717, 1.165) is 44.3 Å². The van der Waals surface area contributed by atoms with Crippen molar-refractivity contribution >= 4 is 5.91 Å². The standard InChI is InChI=1S/C16H20FNO2/c17-14-3-1-13(2-4-14)16(7-8-16)15(20)18-9-5-12(11-19)6-10-18/h1-4,12,19H,5-11H2. The monoisotopic (exact) mass is 277 g/mol. The molecule has 2 aliphatic rings. The van der Waals surface area contributed by atoms with E-state index in [0.29, 0.717) is 5.92 Å². The molecule has 0 spiro atoms. The predicted octanol–water partition coefficient (Wildman–Crippen LogP) is 2.09. The van der Waals surface area contributed by atoms with Gasteiger partial charge in [-0.05, 0) is 49.3 Å². The van der Waals surface area contributed by atoms with Crippen LogP contribution in [0.2, 0.25) is 0 Å². The summed E-state index contributed by atoms with van der Waals surface area (Å²) in [5.74, 6) is 0.251. The summed E-state index contributed by atoms with van der Waals surface area (Å²) >= 11 is 0. The molecular weight excluding hydrogens is 257 g/mol. The third kappa shape index (κ3) is 2.33. The fourth-order valence-corrected chi connectivity index (χ4v) is 3.14. The van der Waals surface area contributed by atoms with Gasteiger partial charge >= 0.3 is 0 Å². The molecule has 1 aliphatic heterocycles. The van der Waals surface area contributed by atoms with E-state index < -0.39 is 5.41 Å². The number of carbonyl (C=O) groups is 1. The SMILES string of the molecule is O=C(N1CCC(CO)CC1)C1(c2ccc(F)cc2)CC1. The van der Waals surface area contributed by atoms with Gasteiger partial charge in [-0.1, -0.05) is 12.1 Å². The van der Waals surface area contributed by atoms with Gasteiger partial charge in [-0.25, -0.2) is 4.39 Å².